The van der Waals surface area contributed by atoms with Crippen LogP contribution < -0.4 is 16.4 Å². The number of benzene rings is 1. The molecule has 0 unspecified atom stereocenters. The van der Waals surface area contributed by atoms with Crippen LogP contribution >= 0.6 is 0 Å². The highest BCUT2D eigenvalue weighted by Crippen LogP contribution is 2.12. The first-order valence-corrected chi connectivity index (χ1v) is 4.58. The standard InChI is InChI=1S/C10H15N3O2/c11-10(12)7-8-1-3-9(4-2-8)14-5-6-15-13/h1-4H,5-7,13H2,(H3,11,12). The molecule has 1 aromatic carbocycles. The van der Waals surface area contributed by atoms with Crippen LogP contribution in [0.4, 0.5) is 0 Å². The van der Waals surface area contributed by atoms with Crippen LogP contribution in [0, 0.1) is 5.41 Å². The topological polar surface area (TPSA) is 94.4 Å². The molecule has 5 N–H and O–H groups in total. The van der Waals surface area contributed by atoms with E-state index in [1.165, 1.54) is 0 Å². The van der Waals surface area contributed by atoms with E-state index in [9.17, 15) is 0 Å². The lowest BCUT2D eigenvalue weighted by molar-refractivity contribution is 0.102. The molecular weight excluding hydrogens is 194 g/mol. The molecule has 0 heterocycles. The zero-order valence-corrected chi connectivity index (χ0v) is 8.40. The summed E-state index contributed by atoms with van der Waals surface area (Å²) in [6.07, 6.45) is 0.464. The second-order valence-electron chi connectivity index (χ2n) is 3.07. The van der Waals surface area contributed by atoms with E-state index in [2.05, 4.69) is 4.84 Å². The summed E-state index contributed by atoms with van der Waals surface area (Å²) >= 11 is 0. The molecule has 0 aliphatic carbocycles. The third kappa shape index (κ3) is 4.44. The van der Waals surface area contributed by atoms with Gasteiger partial charge in [0, 0.05) is 6.42 Å². The van der Waals surface area contributed by atoms with Crippen LogP contribution in [-0.2, 0) is 11.3 Å². The Hall–Kier alpha value is -1.59. The van der Waals surface area contributed by atoms with Gasteiger partial charge in [-0.25, -0.2) is 5.90 Å². The maximum absolute atomic E-state index is 7.14. The quantitative estimate of drug-likeness (QED) is 0.274. The van der Waals surface area contributed by atoms with Gasteiger partial charge in [0.05, 0.1) is 5.84 Å². The van der Waals surface area contributed by atoms with Gasteiger partial charge in [0.1, 0.15) is 19.0 Å². The number of rotatable bonds is 6. The summed E-state index contributed by atoms with van der Waals surface area (Å²) in [5.41, 5.74) is 6.27. The summed E-state index contributed by atoms with van der Waals surface area (Å²) in [5.74, 6) is 5.76. The highest BCUT2D eigenvalue weighted by atomic mass is 16.6. The van der Waals surface area contributed by atoms with Gasteiger partial charge in [-0.15, -0.1) is 0 Å². The largest absolute Gasteiger partial charge is 0.491 e. The van der Waals surface area contributed by atoms with Gasteiger partial charge in [-0.05, 0) is 17.7 Å². The molecule has 0 atom stereocenters. The van der Waals surface area contributed by atoms with Crippen LogP contribution in [0.25, 0.3) is 0 Å². The van der Waals surface area contributed by atoms with E-state index in [1.54, 1.807) is 0 Å². The first-order chi connectivity index (χ1) is 7.22. The van der Waals surface area contributed by atoms with Crippen molar-refractivity contribution in [1.82, 2.24) is 0 Å². The molecule has 0 fully saturated rings. The van der Waals surface area contributed by atoms with Crippen molar-refractivity contribution < 1.29 is 9.57 Å². The predicted octanol–water partition coefficient (Wildman–Crippen LogP) is 0.434. The van der Waals surface area contributed by atoms with Crippen LogP contribution in [0.3, 0.4) is 0 Å². The lowest BCUT2D eigenvalue weighted by atomic mass is 10.1. The van der Waals surface area contributed by atoms with E-state index in [0.29, 0.717) is 19.6 Å². The minimum absolute atomic E-state index is 0.153. The summed E-state index contributed by atoms with van der Waals surface area (Å²) < 4.78 is 5.32. The SMILES string of the molecule is N=C(N)Cc1ccc(OCCON)cc1. The fourth-order valence-electron chi connectivity index (χ4n) is 1.13. The first-order valence-electron chi connectivity index (χ1n) is 4.58. The zero-order chi connectivity index (χ0) is 11.1. The van der Waals surface area contributed by atoms with Crippen molar-refractivity contribution in [2.24, 2.45) is 11.6 Å². The number of ether oxygens (including phenoxy) is 1. The van der Waals surface area contributed by atoms with E-state index < -0.39 is 0 Å². The Labute approximate surface area is 88.4 Å². The lowest BCUT2D eigenvalue weighted by Crippen LogP contribution is -2.12. The van der Waals surface area contributed by atoms with Crippen LogP contribution in [0.2, 0.25) is 0 Å². The predicted molar refractivity (Wildman–Crippen MR) is 57.7 cm³/mol. The van der Waals surface area contributed by atoms with Gasteiger partial charge in [-0.3, -0.25) is 5.41 Å². The average Bonchev–Trinajstić information content (AvgIpc) is 2.20. The Bertz CT molecular complexity index is 311. The molecule has 15 heavy (non-hydrogen) atoms. The number of nitrogens with two attached hydrogens (primary N) is 2. The van der Waals surface area contributed by atoms with Gasteiger partial charge in [0.2, 0.25) is 0 Å². The van der Waals surface area contributed by atoms with Crippen molar-refractivity contribution in [3.05, 3.63) is 29.8 Å². The van der Waals surface area contributed by atoms with E-state index in [4.69, 9.17) is 21.8 Å². The molecule has 0 aromatic heterocycles. The molecule has 0 aliphatic heterocycles. The molecule has 5 heteroatoms. The monoisotopic (exact) mass is 209 g/mol. The lowest BCUT2D eigenvalue weighted by Gasteiger charge is -2.05. The molecular formula is C10H15N3O2. The van der Waals surface area contributed by atoms with Gasteiger partial charge < -0.3 is 15.3 Å². The van der Waals surface area contributed by atoms with E-state index in [-0.39, 0.29) is 5.84 Å². The van der Waals surface area contributed by atoms with Crippen molar-refractivity contribution in [2.45, 2.75) is 6.42 Å². The van der Waals surface area contributed by atoms with Crippen molar-refractivity contribution in [1.29, 1.82) is 5.41 Å². The fraction of sp³-hybridized carbons (Fsp3) is 0.300. The van der Waals surface area contributed by atoms with Gasteiger partial charge in [-0.1, -0.05) is 12.1 Å². The van der Waals surface area contributed by atoms with Crippen LogP contribution in [0.1, 0.15) is 5.56 Å². The molecule has 0 saturated heterocycles. The minimum Gasteiger partial charge on any atom is -0.491 e. The molecule has 0 saturated carbocycles. The Morgan fingerprint density at radius 2 is 1.87 bits per heavy atom. The highest BCUT2D eigenvalue weighted by molar-refractivity contribution is 5.79. The highest BCUT2D eigenvalue weighted by Gasteiger charge is 1.97. The van der Waals surface area contributed by atoms with Crippen molar-refractivity contribution in [3.8, 4) is 5.75 Å². The average molecular weight is 209 g/mol. The molecule has 0 amide bonds. The van der Waals surface area contributed by atoms with E-state index >= 15 is 0 Å². The zero-order valence-electron chi connectivity index (χ0n) is 8.40. The molecule has 0 spiro atoms. The van der Waals surface area contributed by atoms with Crippen molar-refractivity contribution in [3.63, 3.8) is 0 Å². The normalized spacial score (nSPS) is 9.93. The Morgan fingerprint density at radius 3 is 2.40 bits per heavy atom. The van der Waals surface area contributed by atoms with Gasteiger partial charge in [0.25, 0.3) is 0 Å². The summed E-state index contributed by atoms with van der Waals surface area (Å²) in [6.45, 7) is 0.776. The number of nitrogens with one attached hydrogen (secondary N) is 1. The van der Waals surface area contributed by atoms with Crippen molar-refractivity contribution in [2.75, 3.05) is 13.2 Å². The van der Waals surface area contributed by atoms with Crippen molar-refractivity contribution >= 4 is 5.84 Å². The Kier molecular flexibility index (Phi) is 4.59. The maximum Gasteiger partial charge on any atom is 0.119 e. The Balaban J connectivity index is 2.45. The number of amidine groups is 1. The van der Waals surface area contributed by atoms with Gasteiger partial charge >= 0.3 is 0 Å². The summed E-state index contributed by atoms with van der Waals surface area (Å²) in [5, 5.41) is 7.14. The maximum atomic E-state index is 7.14. The van der Waals surface area contributed by atoms with E-state index in [1.807, 2.05) is 24.3 Å². The number of hydrogen-bond acceptors (Lipinski definition) is 4. The second kappa shape index (κ2) is 6.00. The van der Waals surface area contributed by atoms with Gasteiger partial charge in [0.15, 0.2) is 0 Å². The third-order valence-corrected chi connectivity index (χ3v) is 1.79. The smallest absolute Gasteiger partial charge is 0.119 e. The summed E-state index contributed by atoms with van der Waals surface area (Å²) in [7, 11) is 0. The van der Waals surface area contributed by atoms with Crippen LogP contribution in [0.15, 0.2) is 24.3 Å². The second-order valence-corrected chi connectivity index (χ2v) is 3.07. The fourth-order valence-corrected chi connectivity index (χ4v) is 1.13. The molecule has 5 nitrogen and oxygen atoms in total. The molecule has 0 radical (unpaired) electrons. The molecule has 0 aliphatic rings. The number of hydrogen-bond donors (Lipinski definition) is 3. The van der Waals surface area contributed by atoms with Gasteiger partial charge in [-0.2, -0.15) is 0 Å². The molecule has 0 bridgehead atoms. The van der Waals surface area contributed by atoms with E-state index in [0.717, 1.165) is 11.3 Å². The minimum atomic E-state index is 0.153. The summed E-state index contributed by atoms with van der Waals surface area (Å²) in [6, 6.07) is 7.41. The molecule has 1 aromatic rings. The molecule has 1 rings (SSSR count). The molecule has 82 valence electrons. The van der Waals surface area contributed by atoms with Crippen LogP contribution in [0.5, 0.6) is 5.75 Å². The summed E-state index contributed by atoms with van der Waals surface area (Å²) in [4.78, 5) is 4.37. The van der Waals surface area contributed by atoms with Crippen LogP contribution in [-0.4, -0.2) is 19.0 Å². The Morgan fingerprint density at radius 1 is 1.20 bits per heavy atom. The first kappa shape index (κ1) is 11.5. The third-order valence-electron chi connectivity index (χ3n) is 1.79.